The van der Waals surface area contributed by atoms with Gasteiger partial charge in [-0.3, -0.25) is 10.00 Å². The normalized spacial score (nSPS) is 19.2. The SMILES string of the molecule is Cc1cc(CN2CCSCC2)n[nH]1. The van der Waals surface area contributed by atoms with Crippen LogP contribution in [0.2, 0.25) is 0 Å². The van der Waals surface area contributed by atoms with E-state index in [9.17, 15) is 0 Å². The van der Waals surface area contributed by atoms with Gasteiger partial charge in [-0.05, 0) is 13.0 Å². The molecule has 0 atom stereocenters. The minimum absolute atomic E-state index is 1.00. The first-order valence-corrected chi connectivity index (χ1v) is 5.81. The van der Waals surface area contributed by atoms with Crippen LogP contribution in [0.15, 0.2) is 6.07 Å². The summed E-state index contributed by atoms with van der Waals surface area (Å²) >= 11 is 2.04. The van der Waals surface area contributed by atoms with Crippen molar-refractivity contribution in [3.8, 4) is 0 Å². The lowest BCUT2D eigenvalue weighted by Gasteiger charge is -2.24. The first-order valence-electron chi connectivity index (χ1n) is 4.65. The number of aromatic nitrogens is 2. The van der Waals surface area contributed by atoms with Crippen LogP contribution < -0.4 is 0 Å². The Morgan fingerprint density at radius 1 is 1.54 bits per heavy atom. The van der Waals surface area contributed by atoms with Gasteiger partial charge >= 0.3 is 0 Å². The maximum Gasteiger partial charge on any atom is 0.0765 e. The van der Waals surface area contributed by atoms with E-state index in [0.717, 1.165) is 12.2 Å². The highest BCUT2D eigenvalue weighted by atomic mass is 32.2. The van der Waals surface area contributed by atoms with Crippen LogP contribution in [0.25, 0.3) is 0 Å². The van der Waals surface area contributed by atoms with Crippen LogP contribution in [-0.2, 0) is 6.54 Å². The number of aromatic amines is 1. The lowest BCUT2D eigenvalue weighted by atomic mass is 10.3. The first kappa shape index (κ1) is 9.09. The molecular formula is C9H15N3S. The van der Waals surface area contributed by atoms with Crippen LogP contribution in [0, 0.1) is 6.92 Å². The number of hydrogen-bond donors (Lipinski definition) is 1. The molecule has 2 rings (SSSR count). The Kier molecular flexibility index (Phi) is 2.90. The van der Waals surface area contributed by atoms with Crippen LogP contribution in [0.4, 0.5) is 0 Å². The Labute approximate surface area is 82.9 Å². The van der Waals surface area contributed by atoms with Crippen LogP contribution in [0.5, 0.6) is 0 Å². The molecule has 4 heteroatoms. The fraction of sp³-hybridized carbons (Fsp3) is 0.667. The molecule has 0 bridgehead atoms. The van der Waals surface area contributed by atoms with Gasteiger partial charge in [-0.2, -0.15) is 16.9 Å². The average molecular weight is 197 g/mol. The number of thioether (sulfide) groups is 1. The van der Waals surface area contributed by atoms with Gasteiger partial charge in [0.2, 0.25) is 0 Å². The highest BCUT2D eigenvalue weighted by molar-refractivity contribution is 7.99. The van der Waals surface area contributed by atoms with Crippen molar-refractivity contribution in [3.05, 3.63) is 17.5 Å². The largest absolute Gasteiger partial charge is 0.296 e. The predicted octanol–water partition coefficient (Wildman–Crippen LogP) is 1.27. The molecule has 1 N–H and O–H groups in total. The van der Waals surface area contributed by atoms with Gasteiger partial charge in [0.1, 0.15) is 0 Å². The molecule has 1 fully saturated rings. The summed E-state index contributed by atoms with van der Waals surface area (Å²) in [7, 11) is 0. The molecule has 0 aliphatic carbocycles. The van der Waals surface area contributed by atoms with Crippen LogP contribution >= 0.6 is 11.8 Å². The smallest absolute Gasteiger partial charge is 0.0765 e. The number of rotatable bonds is 2. The quantitative estimate of drug-likeness (QED) is 0.774. The molecule has 1 aromatic rings. The summed E-state index contributed by atoms with van der Waals surface area (Å²) in [5.74, 6) is 2.53. The molecule has 13 heavy (non-hydrogen) atoms. The van der Waals surface area contributed by atoms with Crippen molar-refractivity contribution in [2.45, 2.75) is 13.5 Å². The molecule has 0 aromatic carbocycles. The maximum absolute atomic E-state index is 4.24. The highest BCUT2D eigenvalue weighted by Gasteiger charge is 2.11. The Morgan fingerprint density at radius 2 is 2.31 bits per heavy atom. The van der Waals surface area contributed by atoms with E-state index < -0.39 is 0 Å². The number of aryl methyl sites for hydroxylation is 1. The van der Waals surface area contributed by atoms with Gasteiger partial charge in [-0.25, -0.2) is 0 Å². The Balaban J connectivity index is 1.89. The summed E-state index contributed by atoms with van der Waals surface area (Å²) in [6.07, 6.45) is 0. The van der Waals surface area contributed by atoms with E-state index in [1.54, 1.807) is 0 Å². The molecule has 1 aliphatic rings. The molecule has 0 radical (unpaired) electrons. The van der Waals surface area contributed by atoms with Crippen molar-refractivity contribution in [2.75, 3.05) is 24.6 Å². The Hall–Kier alpha value is -0.480. The van der Waals surface area contributed by atoms with Gasteiger partial charge in [0.05, 0.1) is 5.69 Å². The van der Waals surface area contributed by atoms with E-state index in [-0.39, 0.29) is 0 Å². The molecule has 0 saturated carbocycles. The Morgan fingerprint density at radius 3 is 2.92 bits per heavy atom. The number of hydrogen-bond acceptors (Lipinski definition) is 3. The monoisotopic (exact) mass is 197 g/mol. The lowest BCUT2D eigenvalue weighted by Crippen LogP contribution is -2.32. The third-order valence-electron chi connectivity index (χ3n) is 2.25. The third-order valence-corrected chi connectivity index (χ3v) is 3.19. The molecule has 1 aromatic heterocycles. The van der Waals surface area contributed by atoms with Crippen LogP contribution in [-0.4, -0.2) is 39.7 Å². The van der Waals surface area contributed by atoms with E-state index in [0.29, 0.717) is 0 Å². The second-order valence-electron chi connectivity index (χ2n) is 3.43. The van der Waals surface area contributed by atoms with Crippen molar-refractivity contribution in [1.29, 1.82) is 0 Å². The van der Waals surface area contributed by atoms with E-state index in [2.05, 4.69) is 21.2 Å². The van der Waals surface area contributed by atoms with Gasteiger partial charge in [0, 0.05) is 36.8 Å². The topological polar surface area (TPSA) is 31.9 Å². The molecule has 0 unspecified atom stereocenters. The zero-order valence-corrected chi connectivity index (χ0v) is 8.73. The van der Waals surface area contributed by atoms with Crippen molar-refractivity contribution in [2.24, 2.45) is 0 Å². The first-order chi connectivity index (χ1) is 6.34. The number of nitrogens with one attached hydrogen (secondary N) is 1. The fourth-order valence-electron chi connectivity index (χ4n) is 1.54. The second-order valence-corrected chi connectivity index (χ2v) is 4.66. The van der Waals surface area contributed by atoms with Gasteiger partial charge in [-0.15, -0.1) is 0 Å². The van der Waals surface area contributed by atoms with E-state index in [1.165, 1.54) is 30.3 Å². The van der Waals surface area contributed by atoms with Crippen LogP contribution in [0.1, 0.15) is 11.4 Å². The summed E-state index contributed by atoms with van der Waals surface area (Å²) < 4.78 is 0. The third kappa shape index (κ3) is 2.48. The molecule has 0 spiro atoms. The maximum atomic E-state index is 4.24. The highest BCUT2D eigenvalue weighted by Crippen LogP contribution is 2.11. The van der Waals surface area contributed by atoms with Gasteiger partial charge in [0.15, 0.2) is 0 Å². The van der Waals surface area contributed by atoms with Crippen LogP contribution in [0.3, 0.4) is 0 Å². The zero-order chi connectivity index (χ0) is 9.10. The minimum atomic E-state index is 1.00. The summed E-state index contributed by atoms with van der Waals surface area (Å²) in [4.78, 5) is 2.46. The molecule has 2 heterocycles. The summed E-state index contributed by atoms with van der Waals surface area (Å²) in [5.41, 5.74) is 2.32. The summed E-state index contributed by atoms with van der Waals surface area (Å²) in [6, 6.07) is 2.13. The molecule has 3 nitrogen and oxygen atoms in total. The molecule has 72 valence electrons. The molecule has 1 saturated heterocycles. The molecular weight excluding hydrogens is 182 g/mol. The summed E-state index contributed by atoms with van der Waals surface area (Å²) in [5, 5.41) is 7.21. The molecule has 0 amide bonds. The van der Waals surface area contributed by atoms with E-state index in [1.807, 2.05) is 18.7 Å². The Bertz CT molecular complexity index is 266. The van der Waals surface area contributed by atoms with Gasteiger partial charge in [0.25, 0.3) is 0 Å². The predicted molar refractivity (Wildman–Crippen MR) is 55.9 cm³/mol. The van der Waals surface area contributed by atoms with Crippen molar-refractivity contribution >= 4 is 11.8 Å². The van der Waals surface area contributed by atoms with E-state index in [4.69, 9.17) is 0 Å². The second kappa shape index (κ2) is 4.15. The number of H-pyrrole nitrogens is 1. The van der Waals surface area contributed by atoms with Gasteiger partial charge in [-0.1, -0.05) is 0 Å². The van der Waals surface area contributed by atoms with Gasteiger partial charge < -0.3 is 0 Å². The average Bonchev–Trinajstić information content (AvgIpc) is 2.53. The minimum Gasteiger partial charge on any atom is -0.296 e. The summed E-state index contributed by atoms with van der Waals surface area (Å²) in [6.45, 7) is 5.46. The molecule has 1 aliphatic heterocycles. The fourth-order valence-corrected chi connectivity index (χ4v) is 2.52. The zero-order valence-electron chi connectivity index (χ0n) is 7.92. The lowest BCUT2D eigenvalue weighted by molar-refractivity contribution is 0.291. The number of nitrogens with zero attached hydrogens (tertiary/aromatic N) is 2. The van der Waals surface area contributed by atoms with Crippen molar-refractivity contribution in [1.82, 2.24) is 15.1 Å². The van der Waals surface area contributed by atoms with E-state index >= 15 is 0 Å². The standard InChI is InChI=1S/C9H15N3S/c1-8-6-9(11-10-8)7-12-2-4-13-5-3-12/h6H,2-5,7H2,1H3,(H,10,11). The van der Waals surface area contributed by atoms with Crippen molar-refractivity contribution < 1.29 is 0 Å². The van der Waals surface area contributed by atoms with Crippen molar-refractivity contribution in [3.63, 3.8) is 0 Å².